The molecule has 1 aliphatic carbocycles. The minimum atomic E-state index is -0.00790. The maximum atomic E-state index is 12.0. The van der Waals surface area contributed by atoms with Crippen LogP contribution in [0, 0.1) is 5.92 Å². The normalized spacial score (nSPS) is 16.2. The molecule has 0 unspecified atom stereocenters. The standard InChI is InChI=1S/C19H22N2O/c22-19(21-14-15-6-2-1-3-7-15)11-10-16-12-13-20-18-9-5-4-8-17(16)18/h4-5,8-13,15H,1-3,6-7,14H2,(H,21,22)/b11-10+. The average Bonchev–Trinajstić information content (AvgIpc) is 2.59. The first kappa shape index (κ1) is 14.8. The van der Waals surface area contributed by atoms with E-state index in [1.807, 2.05) is 36.4 Å². The van der Waals surface area contributed by atoms with Crippen molar-refractivity contribution in [3.63, 3.8) is 0 Å². The Hall–Kier alpha value is -2.16. The Kier molecular flexibility index (Phi) is 4.84. The second kappa shape index (κ2) is 7.21. The van der Waals surface area contributed by atoms with E-state index in [9.17, 15) is 4.79 Å². The molecule has 1 aromatic heterocycles. The van der Waals surface area contributed by atoms with Crippen molar-refractivity contribution in [2.24, 2.45) is 5.92 Å². The number of amides is 1. The molecule has 114 valence electrons. The van der Waals surface area contributed by atoms with Gasteiger partial charge in [-0.15, -0.1) is 0 Å². The van der Waals surface area contributed by atoms with Gasteiger partial charge in [-0.25, -0.2) is 0 Å². The number of benzene rings is 1. The van der Waals surface area contributed by atoms with Crippen molar-refractivity contribution in [1.82, 2.24) is 10.3 Å². The highest BCUT2D eigenvalue weighted by Gasteiger charge is 2.13. The second-order valence-corrected chi connectivity index (χ2v) is 6.00. The third-order valence-corrected chi connectivity index (χ3v) is 4.39. The Bertz CT molecular complexity index is 667. The van der Waals surface area contributed by atoms with E-state index < -0.39 is 0 Å². The van der Waals surface area contributed by atoms with E-state index in [-0.39, 0.29) is 5.91 Å². The average molecular weight is 294 g/mol. The first-order chi connectivity index (χ1) is 10.8. The lowest BCUT2D eigenvalue weighted by atomic mass is 9.89. The molecule has 1 aliphatic rings. The molecule has 1 amide bonds. The fraction of sp³-hybridized carbons (Fsp3) is 0.368. The monoisotopic (exact) mass is 294 g/mol. The molecule has 2 aromatic rings. The predicted molar refractivity (Wildman–Crippen MR) is 90.4 cm³/mol. The van der Waals surface area contributed by atoms with Gasteiger partial charge in [-0.05, 0) is 42.5 Å². The minimum absolute atomic E-state index is 0.00790. The van der Waals surface area contributed by atoms with Crippen molar-refractivity contribution in [2.75, 3.05) is 6.54 Å². The zero-order valence-corrected chi connectivity index (χ0v) is 12.8. The lowest BCUT2D eigenvalue weighted by Crippen LogP contribution is -2.28. The first-order valence-corrected chi connectivity index (χ1v) is 8.12. The Morgan fingerprint density at radius 3 is 2.86 bits per heavy atom. The third kappa shape index (κ3) is 3.73. The molecule has 3 nitrogen and oxygen atoms in total. The Labute approximate surface area is 131 Å². The highest BCUT2D eigenvalue weighted by atomic mass is 16.1. The van der Waals surface area contributed by atoms with E-state index in [4.69, 9.17) is 0 Å². The highest BCUT2D eigenvalue weighted by Crippen LogP contribution is 2.22. The number of aromatic nitrogens is 1. The molecule has 22 heavy (non-hydrogen) atoms. The summed E-state index contributed by atoms with van der Waals surface area (Å²) in [6, 6.07) is 9.91. The van der Waals surface area contributed by atoms with Crippen LogP contribution in [-0.2, 0) is 4.79 Å². The van der Waals surface area contributed by atoms with Crippen LogP contribution in [0.4, 0.5) is 0 Å². The van der Waals surface area contributed by atoms with Crippen LogP contribution in [0.15, 0.2) is 42.6 Å². The predicted octanol–water partition coefficient (Wildman–Crippen LogP) is 3.94. The molecule has 0 aliphatic heterocycles. The van der Waals surface area contributed by atoms with Gasteiger partial charge in [0.1, 0.15) is 0 Å². The maximum absolute atomic E-state index is 12.0. The topological polar surface area (TPSA) is 42.0 Å². The molecule has 0 atom stereocenters. The van der Waals surface area contributed by atoms with Gasteiger partial charge in [0, 0.05) is 24.2 Å². The lowest BCUT2D eigenvalue weighted by Gasteiger charge is -2.21. The number of hydrogen-bond acceptors (Lipinski definition) is 2. The molecule has 3 heteroatoms. The van der Waals surface area contributed by atoms with Gasteiger partial charge in [0.2, 0.25) is 5.91 Å². The maximum Gasteiger partial charge on any atom is 0.244 e. The molecule has 0 radical (unpaired) electrons. The van der Waals surface area contributed by atoms with Crippen molar-refractivity contribution in [1.29, 1.82) is 0 Å². The molecule has 1 aromatic carbocycles. The number of hydrogen-bond donors (Lipinski definition) is 1. The fourth-order valence-corrected chi connectivity index (χ4v) is 3.12. The van der Waals surface area contributed by atoms with Crippen molar-refractivity contribution in [3.05, 3.63) is 48.2 Å². The van der Waals surface area contributed by atoms with E-state index in [2.05, 4.69) is 10.3 Å². The molecular weight excluding hydrogens is 272 g/mol. The van der Waals surface area contributed by atoms with Crippen molar-refractivity contribution >= 4 is 22.9 Å². The van der Waals surface area contributed by atoms with Gasteiger partial charge in [-0.2, -0.15) is 0 Å². The molecule has 1 N–H and O–H groups in total. The third-order valence-electron chi connectivity index (χ3n) is 4.39. The summed E-state index contributed by atoms with van der Waals surface area (Å²) in [6.07, 6.45) is 11.7. The Morgan fingerprint density at radius 1 is 1.18 bits per heavy atom. The van der Waals surface area contributed by atoms with Crippen LogP contribution >= 0.6 is 0 Å². The summed E-state index contributed by atoms with van der Waals surface area (Å²) in [4.78, 5) is 16.3. The van der Waals surface area contributed by atoms with E-state index >= 15 is 0 Å². The van der Waals surface area contributed by atoms with Gasteiger partial charge >= 0.3 is 0 Å². The number of fused-ring (bicyclic) bond motifs is 1. The lowest BCUT2D eigenvalue weighted by molar-refractivity contribution is -0.116. The van der Waals surface area contributed by atoms with Gasteiger partial charge in [-0.1, -0.05) is 37.5 Å². The van der Waals surface area contributed by atoms with Crippen molar-refractivity contribution in [3.8, 4) is 0 Å². The summed E-state index contributed by atoms with van der Waals surface area (Å²) >= 11 is 0. The highest BCUT2D eigenvalue weighted by molar-refractivity contribution is 5.95. The molecule has 0 bridgehead atoms. The molecule has 0 saturated heterocycles. The first-order valence-electron chi connectivity index (χ1n) is 8.12. The van der Waals surface area contributed by atoms with Crippen LogP contribution in [0.5, 0.6) is 0 Å². The van der Waals surface area contributed by atoms with Gasteiger partial charge in [-0.3, -0.25) is 9.78 Å². The van der Waals surface area contributed by atoms with E-state index in [0.29, 0.717) is 5.92 Å². The zero-order chi connectivity index (χ0) is 15.2. The van der Waals surface area contributed by atoms with E-state index in [0.717, 1.165) is 23.0 Å². The van der Waals surface area contributed by atoms with Crippen LogP contribution in [0.3, 0.4) is 0 Å². The number of carbonyl (C=O) groups is 1. The van der Waals surface area contributed by atoms with Crippen LogP contribution in [0.1, 0.15) is 37.7 Å². The van der Waals surface area contributed by atoms with Crippen molar-refractivity contribution < 1.29 is 4.79 Å². The second-order valence-electron chi connectivity index (χ2n) is 6.00. The number of nitrogens with one attached hydrogen (secondary N) is 1. The molecule has 1 heterocycles. The van der Waals surface area contributed by atoms with Crippen LogP contribution in [0.25, 0.3) is 17.0 Å². The molecular formula is C19H22N2O. The van der Waals surface area contributed by atoms with Crippen LogP contribution in [-0.4, -0.2) is 17.4 Å². The quantitative estimate of drug-likeness (QED) is 0.868. The summed E-state index contributed by atoms with van der Waals surface area (Å²) in [5.74, 6) is 0.652. The Morgan fingerprint density at radius 2 is 2.00 bits per heavy atom. The van der Waals surface area contributed by atoms with Crippen LogP contribution in [0.2, 0.25) is 0 Å². The number of carbonyl (C=O) groups excluding carboxylic acids is 1. The summed E-state index contributed by atoms with van der Waals surface area (Å²) in [7, 11) is 0. The number of rotatable bonds is 4. The fourth-order valence-electron chi connectivity index (χ4n) is 3.12. The van der Waals surface area contributed by atoms with Gasteiger partial charge in [0.25, 0.3) is 0 Å². The summed E-state index contributed by atoms with van der Waals surface area (Å²) in [5.41, 5.74) is 1.98. The van der Waals surface area contributed by atoms with E-state index in [1.54, 1.807) is 12.3 Å². The van der Waals surface area contributed by atoms with Crippen LogP contribution < -0.4 is 5.32 Å². The SMILES string of the molecule is O=C(/C=C/c1ccnc2ccccc12)NCC1CCCCC1. The van der Waals surface area contributed by atoms with Gasteiger partial charge in [0.05, 0.1) is 5.52 Å². The van der Waals surface area contributed by atoms with Crippen molar-refractivity contribution in [2.45, 2.75) is 32.1 Å². The number of pyridine rings is 1. The molecule has 0 spiro atoms. The van der Waals surface area contributed by atoms with Gasteiger partial charge < -0.3 is 5.32 Å². The summed E-state index contributed by atoms with van der Waals surface area (Å²) in [6.45, 7) is 0.806. The zero-order valence-electron chi connectivity index (χ0n) is 12.8. The molecule has 3 rings (SSSR count). The number of para-hydroxylation sites is 1. The summed E-state index contributed by atoms with van der Waals surface area (Å²) < 4.78 is 0. The summed E-state index contributed by atoms with van der Waals surface area (Å²) in [5, 5.41) is 4.10. The largest absolute Gasteiger partial charge is 0.352 e. The number of nitrogens with zero attached hydrogens (tertiary/aromatic N) is 1. The minimum Gasteiger partial charge on any atom is -0.352 e. The van der Waals surface area contributed by atoms with Gasteiger partial charge in [0.15, 0.2) is 0 Å². The Balaban J connectivity index is 1.61. The molecule has 1 fully saturated rings. The van der Waals surface area contributed by atoms with E-state index in [1.165, 1.54) is 32.1 Å². The smallest absolute Gasteiger partial charge is 0.244 e. The molecule has 1 saturated carbocycles.